The number of ether oxygens (including phenoxy) is 2. The van der Waals surface area contributed by atoms with Crippen LogP contribution in [0.4, 0.5) is 10.1 Å². The normalized spacial score (nSPS) is 15.0. The van der Waals surface area contributed by atoms with E-state index in [1.807, 2.05) is 24.3 Å². The van der Waals surface area contributed by atoms with Gasteiger partial charge in [0.25, 0.3) is 0 Å². The first-order valence-corrected chi connectivity index (χ1v) is 11.9. The Morgan fingerprint density at radius 1 is 0.861 bits per heavy atom. The highest BCUT2D eigenvalue weighted by Gasteiger charge is 2.31. The van der Waals surface area contributed by atoms with Crippen LogP contribution in [-0.2, 0) is 6.54 Å². The molecule has 1 aliphatic heterocycles. The number of anilines is 1. The van der Waals surface area contributed by atoms with Crippen molar-refractivity contribution in [3.8, 4) is 11.5 Å². The first kappa shape index (κ1) is 23.7. The summed E-state index contributed by atoms with van der Waals surface area (Å²) in [5, 5.41) is 12.8. The number of hydrogen-bond donors (Lipinski definition) is 0. The van der Waals surface area contributed by atoms with E-state index in [0.717, 1.165) is 43.1 Å². The van der Waals surface area contributed by atoms with Crippen LogP contribution in [0.15, 0.2) is 72.8 Å². The lowest BCUT2D eigenvalue weighted by Gasteiger charge is -2.40. The largest absolute Gasteiger partial charge is 0.493 e. The summed E-state index contributed by atoms with van der Waals surface area (Å²) in [6.07, 6.45) is 0. The summed E-state index contributed by atoms with van der Waals surface area (Å²) in [6.45, 7) is 3.87. The van der Waals surface area contributed by atoms with Gasteiger partial charge in [0, 0.05) is 31.9 Å². The van der Waals surface area contributed by atoms with Crippen LogP contribution in [0.1, 0.15) is 23.0 Å². The quantitative estimate of drug-likeness (QED) is 0.374. The molecule has 1 fully saturated rings. The molecular formula is C27H29FN6O2. The van der Waals surface area contributed by atoms with Crippen molar-refractivity contribution in [1.29, 1.82) is 0 Å². The minimum Gasteiger partial charge on any atom is -0.493 e. The fourth-order valence-corrected chi connectivity index (χ4v) is 4.71. The lowest BCUT2D eigenvalue weighted by atomic mass is 10.0. The molecule has 0 aliphatic carbocycles. The molecule has 0 bridgehead atoms. The highest BCUT2D eigenvalue weighted by molar-refractivity contribution is 5.47. The predicted molar refractivity (Wildman–Crippen MR) is 135 cm³/mol. The van der Waals surface area contributed by atoms with E-state index in [2.05, 4.69) is 49.6 Å². The number of benzene rings is 3. The van der Waals surface area contributed by atoms with Crippen molar-refractivity contribution in [3.63, 3.8) is 0 Å². The van der Waals surface area contributed by atoms with Crippen molar-refractivity contribution in [2.45, 2.75) is 12.6 Å². The van der Waals surface area contributed by atoms with E-state index in [9.17, 15) is 4.39 Å². The lowest BCUT2D eigenvalue weighted by Crippen LogP contribution is -2.48. The summed E-state index contributed by atoms with van der Waals surface area (Å²) < 4.78 is 26.3. The summed E-state index contributed by atoms with van der Waals surface area (Å²) in [7, 11) is 3.26. The second kappa shape index (κ2) is 10.7. The van der Waals surface area contributed by atoms with Crippen LogP contribution in [0.5, 0.6) is 11.5 Å². The maximum Gasteiger partial charge on any atom is 0.173 e. The number of aromatic nitrogens is 4. The maximum atomic E-state index is 13.4. The van der Waals surface area contributed by atoms with Gasteiger partial charge in [-0.3, -0.25) is 4.90 Å². The van der Waals surface area contributed by atoms with Crippen molar-refractivity contribution in [1.82, 2.24) is 25.1 Å². The average Bonchev–Trinajstić information content (AvgIpc) is 3.38. The third kappa shape index (κ3) is 5.01. The topological polar surface area (TPSA) is 68.5 Å². The molecule has 0 radical (unpaired) electrons. The zero-order valence-corrected chi connectivity index (χ0v) is 20.4. The Balaban J connectivity index is 1.47. The molecule has 3 aromatic carbocycles. The van der Waals surface area contributed by atoms with E-state index >= 15 is 0 Å². The Labute approximate surface area is 209 Å². The van der Waals surface area contributed by atoms with Gasteiger partial charge in [-0.25, -0.2) is 9.07 Å². The van der Waals surface area contributed by atoms with Gasteiger partial charge in [0.1, 0.15) is 5.82 Å². The number of tetrazole rings is 1. The van der Waals surface area contributed by atoms with Crippen LogP contribution < -0.4 is 14.4 Å². The molecular weight excluding hydrogens is 459 g/mol. The molecule has 2 heterocycles. The number of nitrogens with zero attached hydrogens (tertiary/aromatic N) is 6. The van der Waals surface area contributed by atoms with Crippen molar-refractivity contribution < 1.29 is 13.9 Å². The second-order valence-electron chi connectivity index (χ2n) is 8.70. The lowest BCUT2D eigenvalue weighted by molar-refractivity contribution is 0.201. The van der Waals surface area contributed by atoms with Gasteiger partial charge in [-0.2, -0.15) is 0 Å². The molecule has 0 saturated carbocycles. The number of rotatable bonds is 8. The summed E-state index contributed by atoms with van der Waals surface area (Å²) in [5.41, 5.74) is 3.15. The summed E-state index contributed by atoms with van der Waals surface area (Å²) in [4.78, 5) is 4.79. The van der Waals surface area contributed by atoms with Crippen LogP contribution in [0.25, 0.3) is 0 Å². The molecule has 9 heteroatoms. The zero-order valence-electron chi connectivity index (χ0n) is 20.4. The Hall–Kier alpha value is -3.98. The summed E-state index contributed by atoms with van der Waals surface area (Å²) in [5.74, 6) is 1.77. The smallest absolute Gasteiger partial charge is 0.173 e. The standard InChI is InChI=1S/C27H29FN6O2/c1-35-24-13-10-21(18-25(24)36-2)26(33-16-14-32(15-17-33)23-6-4-3-5-7-23)27-29-30-31-34(27)19-20-8-11-22(28)12-9-20/h3-13,18,26H,14-17,19H2,1-2H3/t26-/m0/s1. The van der Waals surface area contributed by atoms with Crippen LogP contribution in [0, 0.1) is 5.82 Å². The van der Waals surface area contributed by atoms with Crippen LogP contribution in [0.2, 0.25) is 0 Å². The molecule has 5 rings (SSSR count). The monoisotopic (exact) mass is 488 g/mol. The predicted octanol–water partition coefficient (Wildman–Crippen LogP) is 3.79. The molecule has 0 amide bonds. The summed E-state index contributed by atoms with van der Waals surface area (Å²) >= 11 is 0. The molecule has 1 atom stereocenters. The third-order valence-electron chi connectivity index (χ3n) is 6.57. The fourth-order valence-electron chi connectivity index (χ4n) is 4.71. The second-order valence-corrected chi connectivity index (χ2v) is 8.70. The Bertz CT molecular complexity index is 1270. The zero-order chi connectivity index (χ0) is 24.9. The van der Waals surface area contributed by atoms with Crippen molar-refractivity contribution >= 4 is 5.69 Å². The highest BCUT2D eigenvalue weighted by atomic mass is 19.1. The number of halogens is 1. The third-order valence-corrected chi connectivity index (χ3v) is 6.57. The van der Waals surface area contributed by atoms with Gasteiger partial charge >= 0.3 is 0 Å². The highest BCUT2D eigenvalue weighted by Crippen LogP contribution is 2.35. The van der Waals surface area contributed by atoms with Crippen LogP contribution in [-0.4, -0.2) is 65.5 Å². The van der Waals surface area contributed by atoms with E-state index in [4.69, 9.17) is 9.47 Å². The van der Waals surface area contributed by atoms with E-state index in [0.29, 0.717) is 18.0 Å². The van der Waals surface area contributed by atoms with Crippen LogP contribution in [0.3, 0.4) is 0 Å². The molecule has 0 spiro atoms. The SMILES string of the molecule is COc1ccc([C@@H](c2nnnn2Cc2ccc(F)cc2)N2CCN(c3ccccc3)CC2)cc1OC. The molecule has 4 aromatic rings. The van der Waals surface area contributed by atoms with E-state index in [1.54, 1.807) is 31.0 Å². The van der Waals surface area contributed by atoms with E-state index in [1.165, 1.54) is 17.8 Å². The first-order valence-electron chi connectivity index (χ1n) is 11.9. The number of piperazine rings is 1. The van der Waals surface area contributed by atoms with Crippen molar-refractivity contribution in [3.05, 3.63) is 95.6 Å². The molecule has 1 saturated heterocycles. The van der Waals surface area contributed by atoms with Crippen molar-refractivity contribution in [2.75, 3.05) is 45.3 Å². The van der Waals surface area contributed by atoms with Gasteiger partial charge in [-0.1, -0.05) is 36.4 Å². The molecule has 1 aromatic heterocycles. The first-order chi connectivity index (χ1) is 17.7. The van der Waals surface area contributed by atoms with Gasteiger partial charge in [0.15, 0.2) is 17.3 Å². The molecule has 0 unspecified atom stereocenters. The van der Waals surface area contributed by atoms with Gasteiger partial charge in [-0.15, -0.1) is 5.10 Å². The molecule has 8 nitrogen and oxygen atoms in total. The minimum absolute atomic E-state index is 0.196. The van der Waals surface area contributed by atoms with Gasteiger partial charge in [0.05, 0.1) is 26.8 Å². The Morgan fingerprint density at radius 2 is 1.58 bits per heavy atom. The number of para-hydroxylation sites is 1. The molecule has 0 N–H and O–H groups in total. The average molecular weight is 489 g/mol. The van der Waals surface area contributed by atoms with Crippen molar-refractivity contribution in [2.24, 2.45) is 0 Å². The minimum atomic E-state index is -0.268. The maximum absolute atomic E-state index is 13.4. The number of hydrogen-bond acceptors (Lipinski definition) is 7. The number of methoxy groups -OCH3 is 2. The van der Waals surface area contributed by atoms with E-state index < -0.39 is 0 Å². The Morgan fingerprint density at radius 3 is 2.28 bits per heavy atom. The molecule has 36 heavy (non-hydrogen) atoms. The van der Waals surface area contributed by atoms with E-state index in [-0.39, 0.29) is 11.9 Å². The van der Waals surface area contributed by atoms with Gasteiger partial charge < -0.3 is 14.4 Å². The summed E-state index contributed by atoms with van der Waals surface area (Å²) in [6, 6.07) is 22.6. The fraction of sp³-hybridized carbons (Fsp3) is 0.296. The van der Waals surface area contributed by atoms with Gasteiger partial charge in [0.2, 0.25) is 0 Å². The Kier molecular flexibility index (Phi) is 7.08. The molecule has 1 aliphatic rings. The molecule has 186 valence electrons. The van der Waals surface area contributed by atoms with Crippen LogP contribution >= 0.6 is 0 Å². The van der Waals surface area contributed by atoms with Gasteiger partial charge in [-0.05, 0) is 58.0 Å².